The number of alkyl halides is 2. The molecule has 0 aliphatic rings. The van der Waals surface area contributed by atoms with E-state index < -0.39 is 15.2 Å². The minimum atomic E-state index is -1.67. The molecule has 0 saturated heterocycles. The molecule has 42 heavy (non-hydrogen) atoms. The first-order valence-corrected chi connectivity index (χ1v) is 22.0. The van der Waals surface area contributed by atoms with Crippen LogP contribution in [0.2, 0.25) is 0 Å². The zero-order chi connectivity index (χ0) is 31.9. The normalized spacial score (nSPS) is 10.6. The first kappa shape index (κ1) is 47.5. The fourth-order valence-electron chi connectivity index (χ4n) is 4.62. The molecule has 0 radical (unpaired) electrons. The van der Waals surface area contributed by atoms with Gasteiger partial charge in [0.15, 0.2) is 0 Å². The molecule has 0 amide bonds. The summed E-state index contributed by atoms with van der Waals surface area (Å²) in [5.41, 5.74) is 0. The second-order valence-corrected chi connectivity index (χ2v) is 15.5. The molecule has 0 aromatic rings. The first-order chi connectivity index (χ1) is 20.3. The van der Waals surface area contributed by atoms with Gasteiger partial charge in [0.25, 0.3) is 0 Å². The van der Waals surface area contributed by atoms with E-state index >= 15 is 0 Å². The Morgan fingerprint density at radius 2 is 0.643 bits per heavy atom. The van der Waals surface area contributed by atoms with Gasteiger partial charge in [-0.2, -0.15) is 0 Å². The number of carboxylic acids is 1. The lowest BCUT2D eigenvalue weighted by Crippen LogP contribution is -1.93. The number of carboxylic acid groups (broad SMARTS) is 1. The van der Waals surface area contributed by atoms with Crippen LogP contribution in [0.3, 0.4) is 0 Å². The van der Waals surface area contributed by atoms with Crippen LogP contribution in [0.5, 0.6) is 0 Å². The Labute approximate surface area is 292 Å². The summed E-state index contributed by atoms with van der Waals surface area (Å²) >= 11 is 12.2. The number of carbonyl (C=O) groups excluding carboxylic acids is 1. The van der Waals surface area contributed by atoms with E-state index in [2.05, 4.69) is 53.2 Å². The van der Waals surface area contributed by atoms with Crippen molar-refractivity contribution in [2.75, 3.05) is 10.7 Å². The Hall–Kier alpha value is 1.12. The van der Waals surface area contributed by atoms with E-state index in [0.717, 1.165) is 36.3 Å². The van der Waals surface area contributed by atoms with Crippen LogP contribution in [-0.2, 0) is 18.8 Å². The van der Waals surface area contributed by atoms with Crippen LogP contribution in [0.4, 0.5) is 0 Å². The topological polar surface area (TPSA) is 71.4 Å². The van der Waals surface area contributed by atoms with Crippen LogP contribution in [0, 0.1) is 0 Å². The van der Waals surface area contributed by atoms with Crippen molar-refractivity contribution in [1.29, 1.82) is 0 Å². The lowest BCUT2D eigenvalue weighted by Gasteiger charge is -2.02. The molecule has 254 valence electrons. The number of hydrogen-bond acceptors (Lipinski definition) is 3. The number of unbranched alkanes of at least 4 members (excludes halogenated alkanes) is 24. The number of aliphatic carboxylic acids is 1. The van der Waals surface area contributed by atoms with Gasteiger partial charge in [-0.15, -0.1) is 0 Å². The molecule has 10 heteroatoms. The van der Waals surface area contributed by atoms with Gasteiger partial charge >= 0.3 is 5.97 Å². The maximum Gasteiger partial charge on any atom is 0.303 e. The second-order valence-electron chi connectivity index (χ2n) is 11.0. The Balaban J connectivity index is -0.000000641. The molecule has 0 aliphatic carbocycles. The summed E-state index contributed by atoms with van der Waals surface area (Å²) in [6, 6.07) is 0. The third kappa shape index (κ3) is 60.3. The fourth-order valence-corrected chi connectivity index (χ4v) is 5.54. The molecule has 0 atom stereocenters. The van der Waals surface area contributed by atoms with Gasteiger partial charge in [0.05, 0.1) is 0 Å². The van der Waals surface area contributed by atoms with Gasteiger partial charge in [0, 0.05) is 44.9 Å². The van der Waals surface area contributed by atoms with E-state index in [9.17, 15) is 9.59 Å². The lowest BCUT2D eigenvalue weighted by molar-refractivity contribution is -0.137. The standard InChI is InChI=1S/C16H30BrClO.C16H31BrO2.Cl2OS/c2*17-15-13-11-9-7-5-3-1-2-4-6-8-10-12-14-16(18)19;1-4(2)3/h1-15H2;1-15H2,(H,18,19);. The molecule has 0 bridgehead atoms. The van der Waals surface area contributed by atoms with Gasteiger partial charge < -0.3 is 5.11 Å². The van der Waals surface area contributed by atoms with Gasteiger partial charge in [-0.1, -0.05) is 173 Å². The maximum absolute atomic E-state index is 10.5. The molecule has 0 spiro atoms. The van der Waals surface area contributed by atoms with Crippen molar-refractivity contribution < 1.29 is 18.9 Å². The zero-order valence-electron chi connectivity index (χ0n) is 26.2. The van der Waals surface area contributed by atoms with Gasteiger partial charge in [-0.25, -0.2) is 4.21 Å². The summed E-state index contributed by atoms with van der Waals surface area (Å²) in [5, 5.41) is 10.6. The summed E-state index contributed by atoms with van der Waals surface area (Å²) in [4.78, 5) is 20.8. The molecule has 0 aromatic heterocycles. The van der Waals surface area contributed by atoms with Gasteiger partial charge in [0.2, 0.25) is 14.5 Å². The largest absolute Gasteiger partial charge is 0.481 e. The van der Waals surface area contributed by atoms with E-state index in [1.807, 2.05) is 0 Å². The van der Waals surface area contributed by atoms with Crippen LogP contribution >= 0.6 is 64.8 Å². The van der Waals surface area contributed by atoms with E-state index in [0.29, 0.717) is 12.8 Å². The van der Waals surface area contributed by atoms with Gasteiger partial charge in [0.1, 0.15) is 0 Å². The average molecular weight is 808 g/mol. The Morgan fingerprint density at radius 1 is 0.452 bits per heavy atom. The van der Waals surface area contributed by atoms with Gasteiger partial charge in [-0.05, 0) is 37.3 Å². The van der Waals surface area contributed by atoms with Crippen LogP contribution < -0.4 is 0 Å². The minimum absolute atomic E-state index is 0.184. The maximum atomic E-state index is 10.5. The third-order valence-electron chi connectivity index (χ3n) is 7.03. The molecular formula is C32H61Br2Cl3O4S. The predicted molar refractivity (Wildman–Crippen MR) is 195 cm³/mol. The van der Waals surface area contributed by atoms with Crippen molar-refractivity contribution in [2.24, 2.45) is 0 Å². The van der Waals surface area contributed by atoms with Crippen molar-refractivity contribution in [1.82, 2.24) is 0 Å². The van der Waals surface area contributed by atoms with Crippen LogP contribution in [0.15, 0.2) is 0 Å². The molecule has 0 unspecified atom stereocenters. The molecule has 0 aliphatic heterocycles. The highest BCUT2D eigenvalue weighted by Crippen LogP contribution is 2.14. The fraction of sp³-hybridized carbons (Fsp3) is 0.938. The summed E-state index contributed by atoms with van der Waals surface area (Å²) in [6.45, 7) is 0. The number of halogens is 5. The molecule has 0 aromatic carbocycles. The van der Waals surface area contributed by atoms with Gasteiger partial charge in [-0.3, -0.25) is 9.59 Å². The zero-order valence-corrected chi connectivity index (χ0v) is 32.4. The smallest absolute Gasteiger partial charge is 0.303 e. The highest BCUT2D eigenvalue weighted by atomic mass is 79.9. The molecule has 1 N–H and O–H groups in total. The summed E-state index contributed by atoms with van der Waals surface area (Å²) in [5.74, 6) is -0.656. The molecule has 4 nitrogen and oxygen atoms in total. The number of carbonyl (C=O) groups is 2. The van der Waals surface area contributed by atoms with E-state index in [-0.39, 0.29) is 5.24 Å². The quantitative estimate of drug-likeness (QED) is 0.0446. The first-order valence-electron chi connectivity index (χ1n) is 16.5. The van der Waals surface area contributed by atoms with E-state index in [1.54, 1.807) is 0 Å². The minimum Gasteiger partial charge on any atom is -0.481 e. The lowest BCUT2D eigenvalue weighted by atomic mass is 10.0. The Kier molecular flexibility index (Phi) is 50.1. The summed E-state index contributed by atoms with van der Waals surface area (Å²) in [6.07, 6.45) is 34.9. The SMILES string of the molecule is O=C(Cl)CCCCCCCCCCCCCCCBr.O=C(O)CCCCCCCCCCCCCCCBr.O=S(Cl)Cl. The van der Waals surface area contributed by atoms with Crippen molar-refractivity contribution >= 4 is 85.3 Å². The average Bonchev–Trinajstić information content (AvgIpc) is 2.93. The number of rotatable bonds is 30. The van der Waals surface area contributed by atoms with E-state index in [1.165, 1.54) is 141 Å². The van der Waals surface area contributed by atoms with Crippen molar-refractivity contribution in [3.63, 3.8) is 0 Å². The highest BCUT2D eigenvalue weighted by molar-refractivity contribution is 9.09. The summed E-state index contributed by atoms with van der Waals surface area (Å²) < 4.78 is 9.09. The molecule has 0 fully saturated rings. The van der Waals surface area contributed by atoms with Crippen molar-refractivity contribution in [2.45, 2.75) is 180 Å². The van der Waals surface area contributed by atoms with Crippen LogP contribution in [0.1, 0.15) is 180 Å². The van der Waals surface area contributed by atoms with Crippen molar-refractivity contribution in [3.05, 3.63) is 0 Å². The Morgan fingerprint density at radius 3 is 0.833 bits per heavy atom. The molecule has 0 rings (SSSR count). The highest BCUT2D eigenvalue weighted by Gasteiger charge is 1.98. The number of hydrogen-bond donors (Lipinski definition) is 1. The van der Waals surface area contributed by atoms with Crippen LogP contribution in [0.25, 0.3) is 0 Å². The third-order valence-corrected chi connectivity index (χ3v) is 8.34. The second kappa shape index (κ2) is 44.2. The summed E-state index contributed by atoms with van der Waals surface area (Å²) in [7, 11) is 7.36. The molecule has 0 heterocycles. The molecule has 0 saturated carbocycles. The molecular weight excluding hydrogens is 747 g/mol. The predicted octanol–water partition coefficient (Wildman–Crippen LogP) is 13.6. The monoisotopic (exact) mass is 804 g/mol. The van der Waals surface area contributed by atoms with Crippen molar-refractivity contribution in [3.8, 4) is 0 Å². The Bertz CT molecular complexity index is 530. The van der Waals surface area contributed by atoms with Crippen LogP contribution in [-0.4, -0.2) is 31.2 Å². The van der Waals surface area contributed by atoms with E-state index in [4.69, 9.17) is 20.9 Å².